The molecule has 2 aromatic rings. The average Bonchev–Trinajstić information content (AvgIpc) is 2.27. The lowest BCUT2D eigenvalue weighted by molar-refractivity contribution is -0.384. The number of nitro groups is 2. The van der Waals surface area contributed by atoms with Crippen LogP contribution in [0.15, 0.2) is 30.3 Å². The first-order valence-electron chi connectivity index (χ1n) is 4.61. The van der Waals surface area contributed by atoms with E-state index in [1.807, 2.05) is 0 Å². The molecule has 17 heavy (non-hydrogen) atoms. The Kier molecular flexibility index (Phi) is 2.36. The van der Waals surface area contributed by atoms with E-state index in [0.29, 0.717) is 10.8 Å². The SMILES string of the molecule is Nc1ccc2cc([N+](=O)[O-])ccc2c1[N+](=O)[O-]. The molecule has 0 bridgehead atoms. The molecular formula is C10H7N3O4. The second-order valence-electron chi connectivity index (χ2n) is 3.42. The van der Waals surface area contributed by atoms with Crippen molar-refractivity contribution < 1.29 is 9.85 Å². The van der Waals surface area contributed by atoms with Gasteiger partial charge in [-0.25, -0.2) is 0 Å². The maximum atomic E-state index is 10.8. The van der Waals surface area contributed by atoms with Crippen molar-refractivity contribution in [3.8, 4) is 0 Å². The van der Waals surface area contributed by atoms with E-state index in [-0.39, 0.29) is 17.1 Å². The Labute approximate surface area is 94.8 Å². The number of anilines is 1. The van der Waals surface area contributed by atoms with E-state index in [9.17, 15) is 20.2 Å². The molecule has 0 saturated carbocycles. The standard InChI is InChI=1S/C10H7N3O4/c11-9-4-1-6-5-7(12(14)15)2-3-8(6)10(9)13(16)17/h1-5H,11H2. The van der Waals surface area contributed by atoms with E-state index in [1.165, 1.54) is 30.3 Å². The summed E-state index contributed by atoms with van der Waals surface area (Å²) in [6.07, 6.45) is 0. The van der Waals surface area contributed by atoms with Gasteiger partial charge in [0.25, 0.3) is 11.4 Å². The maximum absolute atomic E-state index is 10.8. The van der Waals surface area contributed by atoms with Crippen LogP contribution in [0.2, 0.25) is 0 Å². The predicted octanol–water partition coefficient (Wildman–Crippen LogP) is 2.24. The van der Waals surface area contributed by atoms with Crippen LogP contribution in [0.25, 0.3) is 10.8 Å². The Morgan fingerprint density at radius 2 is 1.71 bits per heavy atom. The fourth-order valence-electron chi connectivity index (χ4n) is 1.63. The van der Waals surface area contributed by atoms with Gasteiger partial charge in [-0.3, -0.25) is 20.2 Å². The molecule has 0 unspecified atom stereocenters. The van der Waals surface area contributed by atoms with Gasteiger partial charge in [-0.2, -0.15) is 0 Å². The summed E-state index contributed by atoms with van der Waals surface area (Å²) in [5.41, 5.74) is 5.21. The fourth-order valence-corrected chi connectivity index (χ4v) is 1.63. The van der Waals surface area contributed by atoms with Gasteiger partial charge in [-0.15, -0.1) is 0 Å². The zero-order chi connectivity index (χ0) is 12.6. The molecule has 0 saturated heterocycles. The number of rotatable bonds is 2. The van der Waals surface area contributed by atoms with Crippen LogP contribution in [0, 0.1) is 20.2 Å². The predicted molar refractivity (Wildman–Crippen MR) is 61.7 cm³/mol. The molecule has 0 amide bonds. The average molecular weight is 233 g/mol. The summed E-state index contributed by atoms with van der Waals surface area (Å²) in [6.45, 7) is 0. The Morgan fingerprint density at radius 3 is 2.29 bits per heavy atom. The van der Waals surface area contributed by atoms with Gasteiger partial charge in [0, 0.05) is 12.1 Å². The highest BCUT2D eigenvalue weighted by Crippen LogP contribution is 2.33. The van der Waals surface area contributed by atoms with Crippen LogP contribution in [-0.4, -0.2) is 9.85 Å². The molecule has 0 atom stereocenters. The van der Waals surface area contributed by atoms with E-state index in [0.717, 1.165) is 0 Å². The van der Waals surface area contributed by atoms with Gasteiger partial charge in [-0.1, -0.05) is 6.07 Å². The molecular weight excluding hydrogens is 226 g/mol. The number of benzene rings is 2. The van der Waals surface area contributed by atoms with Crippen molar-refractivity contribution in [1.29, 1.82) is 0 Å². The van der Waals surface area contributed by atoms with Crippen LogP contribution in [0.1, 0.15) is 0 Å². The van der Waals surface area contributed by atoms with Crippen molar-refractivity contribution in [3.05, 3.63) is 50.6 Å². The number of nitrogen functional groups attached to an aromatic ring is 1. The Bertz CT molecular complexity index is 639. The van der Waals surface area contributed by atoms with E-state index in [1.54, 1.807) is 0 Å². The highest BCUT2D eigenvalue weighted by atomic mass is 16.6. The highest BCUT2D eigenvalue weighted by molar-refractivity contribution is 5.97. The van der Waals surface area contributed by atoms with Crippen LogP contribution in [0.5, 0.6) is 0 Å². The first kappa shape index (κ1) is 10.8. The summed E-state index contributed by atoms with van der Waals surface area (Å²) < 4.78 is 0. The first-order valence-corrected chi connectivity index (χ1v) is 4.61. The minimum atomic E-state index is -0.594. The largest absolute Gasteiger partial charge is 0.393 e. The molecule has 0 fully saturated rings. The number of nitrogens with zero attached hydrogens (tertiary/aromatic N) is 2. The normalized spacial score (nSPS) is 10.4. The maximum Gasteiger partial charge on any atom is 0.299 e. The molecule has 0 aliphatic carbocycles. The lowest BCUT2D eigenvalue weighted by Gasteiger charge is -2.02. The van der Waals surface area contributed by atoms with E-state index < -0.39 is 9.85 Å². The van der Waals surface area contributed by atoms with Gasteiger partial charge in [0.2, 0.25) is 0 Å². The zero-order valence-electron chi connectivity index (χ0n) is 8.49. The van der Waals surface area contributed by atoms with Crippen molar-refractivity contribution in [2.45, 2.75) is 0 Å². The topological polar surface area (TPSA) is 112 Å². The van der Waals surface area contributed by atoms with Crippen molar-refractivity contribution >= 4 is 27.8 Å². The van der Waals surface area contributed by atoms with Crippen LogP contribution < -0.4 is 5.73 Å². The Balaban J connectivity index is 2.79. The van der Waals surface area contributed by atoms with Gasteiger partial charge in [0.1, 0.15) is 5.69 Å². The lowest BCUT2D eigenvalue weighted by atomic mass is 10.1. The smallest absolute Gasteiger partial charge is 0.299 e. The van der Waals surface area contributed by atoms with E-state index in [2.05, 4.69) is 0 Å². The number of nitro benzene ring substituents is 2. The number of hydrogen-bond acceptors (Lipinski definition) is 5. The molecule has 0 heterocycles. The third-order valence-electron chi connectivity index (χ3n) is 2.40. The summed E-state index contributed by atoms with van der Waals surface area (Å²) in [4.78, 5) is 20.3. The number of nitrogens with two attached hydrogens (primary N) is 1. The fraction of sp³-hybridized carbons (Fsp3) is 0. The van der Waals surface area contributed by atoms with Gasteiger partial charge >= 0.3 is 0 Å². The van der Waals surface area contributed by atoms with Crippen LogP contribution in [-0.2, 0) is 0 Å². The van der Waals surface area contributed by atoms with Gasteiger partial charge in [0.15, 0.2) is 0 Å². The Hall–Kier alpha value is -2.70. The van der Waals surface area contributed by atoms with Crippen LogP contribution >= 0.6 is 0 Å². The number of non-ortho nitro benzene ring substituents is 1. The van der Waals surface area contributed by atoms with Gasteiger partial charge in [-0.05, 0) is 17.5 Å². The number of hydrogen-bond donors (Lipinski definition) is 1. The van der Waals surface area contributed by atoms with E-state index in [4.69, 9.17) is 5.73 Å². The molecule has 2 aromatic carbocycles. The molecule has 2 rings (SSSR count). The Morgan fingerprint density at radius 1 is 1.00 bits per heavy atom. The van der Waals surface area contributed by atoms with Crippen LogP contribution in [0.3, 0.4) is 0 Å². The van der Waals surface area contributed by atoms with Gasteiger partial charge in [0.05, 0.1) is 15.2 Å². The molecule has 2 N–H and O–H groups in total. The van der Waals surface area contributed by atoms with Crippen molar-refractivity contribution in [2.24, 2.45) is 0 Å². The van der Waals surface area contributed by atoms with Crippen molar-refractivity contribution in [1.82, 2.24) is 0 Å². The van der Waals surface area contributed by atoms with E-state index >= 15 is 0 Å². The summed E-state index contributed by atoms with van der Waals surface area (Å²) in [5, 5.41) is 22.1. The minimum Gasteiger partial charge on any atom is -0.393 e. The third-order valence-corrected chi connectivity index (χ3v) is 2.40. The summed E-state index contributed by atoms with van der Waals surface area (Å²) in [6, 6.07) is 6.72. The molecule has 7 heteroatoms. The highest BCUT2D eigenvalue weighted by Gasteiger charge is 2.18. The minimum absolute atomic E-state index is 0.0383. The molecule has 7 nitrogen and oxygen atoms in total. The lowest BCUT2D eigenvalue weighted by Crippen LogP contribution is -1.97. The third kappa shape index (κ3) is 1.73. The van der Waals surface area contributed by atoms with Crippen molar-refractivity contribution in [2.75, 3.05) is 5.73 Å². The molecule has 0 aliphatic rings. The van der Waals surface area contributed by atoms with Crippen molar-refractivity contribution in [3.63, 3.8) is 0 Å². The molecule has 0 radical (unpaired) electrons. The van der Waals surface area contributed by atoms with Gasteiger partial charge < -0.3 is 5.73 Å². The quantitative estimate of drug-likeness (QED) is 0.485. The summed E-state index contributed by atoms with van der Waals surface area (Å²) in [5.74, 6) is 0. The number of fused-ring (bicyclic) bond motifs is 1. The summed E-state index contributed by atoms with van der Waals surface area (Å²) in [7, 11) is 0. The molecule has 0 aliphatic heterocycles. The zero-order valence-corrected chi connectivity index (χ0v) is 8.49. The first-order chi connectivity index (χ1) is 8.00. The second kappa shape index (κ2) is 3.71. The second-order valence-corrected chi connectivity index (χ2v) is 3.42. The van der Waals surface area contributed by atoms with Crippen LogP contribution in [0.4, 0.5) is 17.1 Å². The molecule has 86 valence electrons. The summed E-state index contributed by atoms with van der Waals surface area (Å²) >= 11 is 0. The monoisotopic (exact) mass is 233 g/mol. The molecule has 0 spiro atoms. The molecule has 0 aromatic heterocycles.